The second-order valence-corrected chi connectivity index (χ2v) is 3.39. The second-order valence-electron chi connectivity index (χ2n) is 3.39. The summed E-state index contributed by atoms with van der Waals surface area (Å²) in [6, 6.07) is 7.84. The number of aryl methyl sites for hydroxylation is 2. The molecular weight excluding hydrogens is 174 g/mol. The molecule has 0 bridgehead atoms. The summed E-state index contributed by atoms with van der Waals surface area (Å²) in [6.07, 6.45) is 1.99. The highest BCUT2D eigenvalue weighted by atomic mass is 15.2. The predicted octanol–water partition coefficient (Wildman–Crippen LogP) is 1.98. The van der Waals surface area contributed by atoms with Crippen molar-refractivity contribution in [2.75, 3.05) is 5.73 Å². The van der Waals surface area contributed by atoms with E-state index in [-0.39, 0.29) is 0 Å². The van der Waals surface area contributed by atoms with Crippen LogP contribution in [0.25, 0.3) is 11.1 Å². The summed E-state index contributed by atoms with van der Waals surface area (Å²) in [4.78, 5) is 0. The minimum absolute atomic E-state index is 0.795. The van der Waals surface area contributed by atoms with E-state index in [0.29, 0.717) is 0 Å². The van der Waals surface area contributed by atoms with Gasteiger partial charge in [-0.25, -0.2) is 0 Å². The molecule has 0 unspecified atom stereocenters. The van der Waals surface area contributed by atoms with Crippen LogP contribution in [0, 0.1) is 6.92 Å². The Kier molecular flexibility index (Phi) is 2.00. The monoisotopic (exact) mass is 187 g/mol. The number of nitrogens with zero attached hydrogens (tertiary/aromatic N) is 2. The summed E-state index contributed by atoms with van der Waals surface area (Å²) in [6.45, 7) is 1.99. The molecule has 0 aliphatic rings. The highest BCUT2D eigenvalue weighted by Gasteiger charge is 2.07. The molecule has 0 saturated carbocycles. The van der Waals surface area contributed by atoms with Gasteiger partial charge in [0.15, 0.2) is 0 Å². The van der Waals surface area contributed by atoms with E-state index in [0.717, 1.165) is 22.5 Å². The average molecular weight is 187 g/mol. The molecule has 0 radical (unpaired) electrons. The molecule has 3 nitrogen and oxygen atoms in total. The van der Waals surface area contributed by atoms with Crippen molar-refractivity contribution < 1.29 is 0 Å². The van der Waals surface area contributed by atoms with E-state index < -0.39 is 0 Å². The summed E-state index contributed by atoms with van der Waals surface area (Å²) in [5, 5.41) is 4.29. The van der Waals surface area contributed by atoms with E-state index in [1.54, 1.807) is 4.68 Å². The highest BCUT2D eigenvalue weighted by molar-refractivity contribution is 5.77. The van der Waals surface area contributed by atoms with Gasteiger partial charge >= 0.3 is 0 Å². The van der Waals surface area contributed by atoms with Crippen molar-refractivity contribution in [3.05, 3.63) is 36.2 Å². The zero-order valence-corrected chi connectivity index (χ0v) is 8.36. The van der Waals surface area contributed by atoms with Crippen LogP contribution in [-0.2, 0) is 7.05 Å². The molecule has 2 aromatic rings. The summed E-state index contributed by atoms with van der Waals surface area (Å²) in [5.74, 6) is 0. The van der Waals surface area contributed by atoms with Crippen molar-refractivity contribution in [3.63, 3.8) is 0 Å². The molecule has 0 fully saturated rings. The van der Waals surface area contributed by atoms with Crippen LogP contribution in [0.1, 0.15) is 5.69 Å². The average Bonchev–Trinajstić information content (AvgIpc) is 2.46. The van der Waals surface area contributed by atoms with Crippen LogP contribution in [0.2, 0.25) is 0 Å². The van der Waals surface area contributed by atoms with Crippen molar-refractivity contribution in [1.82, 2.24) is 9.78 Å². The molecule has 0 atom stereocenters. The molecule has 72 valence electrons. The van der Waals surface area contributed by atoms with Crippen molar-refractivity contribution >= 4 is 5.69 Å². The first kappa shape index (κ1) is 8.81. The fraction of sp³-hybridized carbons (Fsp3) is 0.182. The first-order valence-corrected chi connectivity index (χ1v) is 4.53. The molecule has 0 spiro atoms. The standard InChI is InChI=1S/C11H13N3/c1-8-10(7-14(2)13-8)9-5-3-4-6-11(9)12/h3-7H,12H2,1-2H3. The van der Waals surface area contributed by atoms with E-state index in [2.05, 4.69) is 5.10 Å². The number of rotatable bonds is 1. The van der Waals surface area contributed by atoms with Crippen LogP contribution in [0.4, 0.5) is 5.69 Å². The minimum Gasteiger partial charge on any atom is -0.398 e. The topological polar surface area (TPSA) is 43.8 Å². The van der Waals surface area contributed by atoms with E-state index in [9.17, 15) is 0 Å². The second kappa shape index (κ2) is 3.18. The third kappa shape index (κ3) is 1.37. The van der Waals surface area contributed by atoms with E-state index >= 15 is 0 Å². The number of nitrogen functional groups attached to an aromatic ring is 1. The maximum Gasteiger partial charge on any atom is 0.0672 e. The molecule has 3 heteroatoms. The molecule has 0 aliphatic heterocycles. The lowest BCUT2D eigenvalue weighted by molar-refractivity contribution is 0.756. The van der Waals surface area contributed by atoms with Crippen molar-refractivity contribution in [2.45, 2.75) is 6.92 Å². The lowest BCUT2D eigenvalue weighted by Crippen LogP contribution is -1.89. The van der Waals surface area contributed by atoms with Crippen LogP contribution < -0.4 is 5.73 Å². The smallest absolute Gasteiger partial charge is 0.0672 e. The van der Waals surface area contributed by atoms with Crippen LogP contribution in [0.3, 0.4) is 0 Å². The largest absolute Gasteiger partial charge is 0.398 e. The molecule has 0 saturated heterocycles. The first-order valence-electron chi connectivity index (χ1n) is 4.53. The first-order chi connectivity index (χ1) is 6.68. The Hall–Kier alpha value is -1.77. The summed E-state index contributed by atoms with van der Waals surface area (Å²) in [7, 11) is 1.91. The predicted molar refractivity (Wildman–Crippen MR) is 57.8 cm³/mol. The Morgan fingerprint density at radius 1 is 1.21 bits per heavy atom. The van der Waals surface area contributed by atoms with Crippen molar-refractivity contribution in [1.29, 1.82) is 0 Å². The molecular formula is C11H13N3. The summed E-state index contributed by atoms with van der Waals surface area (Å²) in [5.41, 5.74) is 9.85. The van der Waals surface area contributed by atoms with E-state index in [1.807, 2.05) is 44.4 Å². The number of hydrogen-bond acceptors (Lipinski definition) is 2. The number of nitrogens with two attached hydrogens (primary N) is 1. The Labute approximate surface area is 83.2 Å². The van der Waals surface area contributed by atoms with Gasteiger partial charge in [0.25, 0.3) is 0 Å². The van der Waals surface area contributed by atoms with Gasteiger partial charge in [0.05, 0.1) is 5.69 Å². The summed E-state index contributed by atoms with van der Waals surface area (Å²) < 4.78 is 1.80. The quantitative estimate of drug-likeness (QED) is 0.694. The number of benzene rings is 1. The Balaban J connectivity index is 2.60. The zero-order chi connectivity index (χ0) is 10.1. The number of hydrogen-bond donors (Lipinski definition) is 1. The van der Waals surface area contributed by atoms with Crippen molar-refractivity contribution in [2.24, 2.45) is 7.05 Å². The van der Waals surface area contributed by atoms with Crippen LogP contribution in [0.5, 0.6) is 0 Å². The zero-order valence-electron chi connectivity index (χ0n) is 8.36. The van der Waals surface area contributed by atoms with Gasteiger partial charge in [-0.3, -0.25) is 4.68 Å². The van der Waals surface area contributed by atoms with E-state index in [1.165, 1.54) is 0 Å². The van der Waals surface area contributed by atoms with Crippen LogP contribution >= 0.6 is 0 Å². The van der Waals surface area contributed by atoms with Gasteiger partial charge in [-0.1, -0.05) is 18.2 Å². The van der Waals surface area contributed by atoms with Gasteiger partial charge in [-0.15, -0.1) is 0 Å². The number of para-hydroxylation sites is 1. The van der Waals surface area contributed by atoms with Crippen molar-refractivity contribution in [3.8, 4) is 11.1 Å². The minimum atomic E-state index is 0.795. The molecule has 1 aromatic heterocycles. The lowest BCUT2D eigenvalue weighted by atomic mass is 10.1. The number of aromatic nitrogens is 2. The molecule has 0 amide bonds. The fourth-order valence-corrected chi connectivity index (χ4v) is 1.61. The normalized spacial score (nSPS) is 10.4. The highest BCUT2D eigenvalue weighted by Crippen LogP contribution is 2.27. The lowest BCUT2D eigenvalue weighted by Gasteiger charge is -2.02. The van der Waals surface area contributed by atoms with E-state index in [4.69, 9.17) is 5.73 Å². The molecule has 0 aliphatic carbocycles. The number of anilines is 1. The third-order valence-electron chi connectivity index (χ3n) is 2.26. The molecule has 1 heterocycles. The van der Waals surface area contributed by atoms with Gasteiger partial charge in [0.2, 0.25) is 0 Å². The Bertz CT molecular complexity index is 457. The maximum atomic E-state index is 5.89. The third-order valence-corrected chi connectivity index (χ3v) is 2.26. The van der Waals surface area contributed by atoms with Gasteiger partial charge < -0.3 is 5.73 Å². The Morgan fingerprint density at radius 3 is 2.50 bits per heavy atom. The maximum absolute atomic E-state index is 5.89. The van der Waals surface area contributed by atoms with Crippen LogP contribution in [-0.4, -0.2) is 9.78 Å². The van der Waals surface area contributed by atoms with Gasteiger partial charge in [-0.05, 0) is 13.0 Å². The summed E-state index contributed by atoms with van der Waals surface area (Å²) >= 11 is 0. The molecule has 14 heavy (non-hydrogen) atoms. The fourth-order valence-electron chi connectivity index (χ4n) is 1.61. The Morgan fingerprint density at radius 2 is 1.93 bits per heavy atom. The molecule has 1 aromatic carbocycles. The van der Waals surface area contributed by atoms with Gasteiger partial charge in [0, 0.05) is 30.1 Å². The molecule has 2 N–H and O–H groups in total. The van der Waals surface area contributed by atoms with Gasteiger partial charge in [-0.2, -0.15) is 5.10 Å². The van der Waals surface area contributed by atoms with Gasteiger partial charge in [0.1, 0.15) is 0 Å². The van der Waals surface area contributed by atoms with Crippen LogP contribution in [0.15, 0.2) is 30.5 Å². The SMILES string of the molecule is Cc1nn(C)cc1-c1ccccc1N. The molecule has 2 rings (SSSR count).